The summed E-state index contributed by atoms with van der Waals surface area (Å²) >= 11 is 0. The van der Waals surface area contributed by atoms with Crippen molar-refractivity contribution >= 4 is 11.7 Å². The summed E-state index contributed by atoms with van der Waals surface area (Å²) in [5.41, 5.74) is 2.17. The minimum Gasteiger partial charge on any atom is -0.310 e. The fourth-order valence-corrected chi connectivity index (χ4v) is 2.84. The minimum absolute atomic E-state index is 0.0677. The van der Waals surface area contributed by atoms with Gasteiger partial charge in [0.2, 0.25) is 5.91 Å². The first kappa shape index (κ1) is 15.6. The molecule has 23 heavy (non-hydrogen) atoms. The van der Waals surface area contributed by atoms with Gasteiger partial charge in [-0.05, 0) is 56.6 Å². The van der Waals surface area contributed by atoms with Crippen LogP contribution in [-0.2, 0) is 11.3 Å². The van der Waals surface area contributed by atoms with E-state index < -0.39 is 0 Å². The van der Waals surface area contributed by atoms with Crippen molar-refractivity contribution in [3.05, 3.63) is 54.0 Å². The van der Waals surface area contributed by atoms with E-state index in [0.29, 0.717) is 5.82 Å². The molecule has 1 N–H and O–H groups in total. The van der Waals surface area contributed by atoms with Crippen LogP contribution in [0.4, 0.5) is 5.82 Å². The Morgan fingerprint density at radius 2 is 2.04 bits per heavy atom. The number of nitrogens with zero attached hydrogens (tertiary/aromatic N) is 3. The predicted molar refractivity (Wildman–Crippen MR) is 89.8 cm³/mol. The number of rotatable bonds is 4. The molecular weight excluding hydrogens is 288 g/mol. The van der Waals surface area contributed by atoms with E-state index in [1.807, 2.05) is 43.5 Å². The Morgan fingerprint density at radius 3 is 2.70 bits per heavy atom. The molecule has 120 valence electrons. The highest BCUT2D eigenvalue weighted by molar-refractivity contribution is 5.91. The molecule has 0 aromatic carbocycles. The number of aromatic nitrogens is 2. The van der Waals surface area contributed by atoms with E-state index >= 15 is 0 Å². The number of carbonyl (C=O) groups excluding carboxylic acids is 1. The van der Waals surface area contributed by atoms with Crippen molar-refractivity contribution in [1.29, 1.82) is 0 Å². The number of aryl methyl sites for hydroxylation is 1. The van der Waals surface area contributed by atoms with Gasteiger partial charge in [0, 0.05) is 24.9 Å². The number of pyridine rings is 2. The molecule has 1 aliphatic heterocycles. The average Bonchev–Trinajstić information content (AvgIpc) is 2.58. The van der Waals surface area contributed by atoms with Crippen molar-refractivity contribution in [1.82, 2.24) is 14.9 Å². The molecule has 0 atom stereocenters. The second-order valence-corrected chi connectivity index (χ2v) is 6.08. The van der Waals surface area contributed by atoms with Crippen LogP contribution in [-0.4, -0.2) is 33.9 Å². The van der Waals surface area contributed by atoms with Gasteiger partial charge in [-0.3, -0.25) is 14.7 Å². The van der Waals surface area contributed by atoms with Crippen molar-refractivity contribution in [2.24, 2.45) is 5.92 Å². The van der Waals surface area contributed by atoms with Crippen LogP contribution in [0.15, 0.2) is 42.7 Å². The first-order valence-corrected chi connectivity index (χ1v) is 8.06. The fourth-order valence-electron chi connectivity index (χ4n) is 2.84. The van der Waals surface area contributed by atoms with Crippen molar-refractivity contribution in [3.63, 3.8) is 0 Å². The molecule has 5 heteroatoms. The average molecular weight is 310 g/mol. The lowest BCUT2D eigenvalue weighted by molar-refractivity contribution is -0.121. The van der Waals surface area contributed by atoms with E-state index in [1.54, 1.807) is 6.20 Å². The summed E-state index contributed by atoms with van der Waals surface area (Å²) in [5, 5.41) is 2.92. The molecular formula is C18H22N4O. The fraction of sp³-hybridized carbons (Fsp3) is 0.389. The normalized spacial score (nSPS) is 16.2. The minimum atomic E-state index is 0.0677. The van der Waals surface area contributed by atoms with Crippen LogP contribution < -0.4 is 5.32 Å². The van der Waals surface area contributed by atoms with Crippen LogP contribution in [0.25, 0.3) is 0 Å². The highest BCUT2D eigenvalue weighted by Gasteiger charge is 2.25. The Bertz CT molecular complexity index is 634. The monoisotopic (exact) mass is 310 g/mol. The molecule has 2 aromatic heterocycles. The molecule has 0 saturated carbocycles. The van der Waals surface area contributed by atoms with Gasteiger partial charge in [-0.2, -0.15) is 0 Å². The van der Waals surface area contributed by atoms with Crippen LogP contribution in [0.2, 0.25) is 0 Å². The van der Waals surface area contributed by atoms with Gasteiger partial charge in [0.25, 0.3) is 0 Å². The summed E-state index contributed by atoms with van der Waals surface area (Å²) in [4.78, 5) is 23.3. The molecule has 0 spiro atoms. The Kier molecular flexibility index (Phi) is 4.98. The second-order valence-electron chi connectivity index (χ2n) is 6.08. The summed E-state index contributed by atoms with van der Waals surface area (Å²) in [6, 6.07) is 9.79. The zero-order chi connectivity index (χ0) is 16.1. The Balaban J connectivity index is 1.48. The quantitative estimate of drug-likeness (QED) is 0.943. The van der Waals surface area contributed by atoms with E-state index in [0.717, 1.165) is 43.7 Å². The maximum atomic E-state index is 12.3. The molecule has 1 aliphatic rings. The van der Waals surface area contributed by atoms with E-state index in [1.165, 1.54) is 0 Å². The van der Waals surface area contributed by atoms with Gasteiger partial charge >= 0.3 is 0 Å². The molecule has 0 radical (unpaired) electrons. The van der Waals surface area contributed by atoms with Gasteiger partial charge in [0.05, 0.1) is 5.69 Å². The first-order chi connectivity index (χ1) is 11.2. The molecule has 0 aliphatic carbocycles. The van der Waals surface area contributed by atoms with Crippen LogP contribution >= 0.6 is 0 Å². The third-order valence-electron chi connectivity index (χ3n) is 4.23. The smallest absolute Gasteiger partial charge is 0.228 e. The van der Waals surface area contributed by atoms with Crippen LogP contribution in [0.3, 0.4) is 0 Å². The lowest BCUT2D eigenvalue weighted by Crippen LogP contribution is -2.38. The summed E-state index contributed by atoms with van der Waals surface area (Å²) in [6.45, 7) is 4.69. The second kappa shape index (κ2) is 7.33. The summed E-state index contributed by atoms with van der Waals surface area (Å²) in [6.07, 6.45) is 5.35. The summed E-state index contributed by atoms with van der Waals surface area (Å²) in [7, 11) is 0. The number of piperidine rings is 1. The maximum absolute atomic E-state index is 12.3. The van der Waals surface area contributed by atoms with Crippen molar-refractivity contribution in [2.45, 2.75) is 26.3 Å². The largest absolute Gasteiger partial charge is 0.310 e. The Morgan fingerprint density at radius 1 is 1.22 bits per heavy atom. The molecule has 5 nitrogen and oxygen atoms in total. The van der Waals surface area contributed by atoms with Gasteiger partial charge in [-0.15, -0.1) is 0 Å². The van der Waals surface area contributed by atoms with Crippen molar-refractivity contribution in [2.75, 3.05) is 18.4 Å². The number of nitrogens with one attached hydrogen (secondary N) is 1. The van der Waals surface area contributed by atoms with Gasteiger partial charge in [-0.1, -0.05) is 12.1 Å². The molecule has 3 heterocycles. The number of hydrogen-bond donors (Lipinski definition) is 1. The number of amides is 1. The highest BCUT2D eigenvalue weighted by Crippen LogP contribution is 2.20. The first-order valence-electron chi connectivity index (χ1n) is 8.06. The van der Waals surface area contributed by atoms with E-state index in [9.17, 15) is 4.79 Å². The number of carbonyl (C=O) groups is 1. The summed E-state index contributed by atoms with van der Waals surface area (Å²) < 4.78 is 0. The maximum Gasteiger partial charge on any atom is 0.228 e. The third-order valence-corrected chi connectivity index (χ3v) is 4.23. The zero-order valence-electron chi connectivity index (χ0n) is 13.4. The highest BCUT2D eigenvalue weighted by atomic mass is 16.1. The standard InChI is InChI=1S/C18H22N4O/c1-14-5-6-17(20-12-14)21-18(23)15-7-10-22(11-8-15)13-16-4-2-3-9-19-16/h2-6,9,12,15H,7-8,10-11,13H2,1H3,(H,20,21,23). The van der Waals surface area contributed by atoms with Gasteiger partial charge in [0.1, 0.15) is 5.82 Å². The molecule has 3 rings (SSSR count). The predicted octanol–water partition coefficient (Wildman–Crippen LogP) is 2.64. The number of hydrogen-bond acceptors (Lipinski definition) is 4. The van der Waals surface area contributed by atoms with E-state index in [-0.39, 0.29) is 11.8 Å². The lowest BCUT2D eigenvalue weighted by atomic mass is 9.96. The SMILES string of the molecule is Cc1ccc(NC(=O)C2CCN(Cc3ccccn3)CC2)nc1. The zero-order valence-corrected chi connectivity index (χ0v) is 13.4. The summed E-state index contributed by atoms with van der Waals surface area (Å²) in [5.74, 6) is 0.786. The molecule has 1 amide bonds. The lowest BCUT2D eigenvalue weighted by Gasteiger charge is -2.30. The molecule has 0 unspecified atom stereocenters. The molecule has 1 saturated heterocycles. The van der Waals surface area contributed by atoms with Crippen LogP contribution in [0.1, 0.15) is 24.1 Å². The molecule has 0 bridgehead atoms. The third kappa shape index (κ3) is 4.36. The molecule has 1 fully saturated rings. The van der Waals surface area contributed by atoms with E-state index in [4.69, 9.17) is 0 Å². The number of likely N-dealkylation sites (tertiary alicyclic amines) is 1. The molecule has 2 aromatic rings. The van der Waals surface area contributed by atoms with Crippen molar-refractivity contribution < 1.29 is 4.79 Å². The van der Waals surface area contributed by atoms with Crippen LogP contribution in [0, 0.1) is 12.8 Å². The Hall–Kier alpha value is -2.27. The Labute approximate surface area is 136 Å². The topological polar surface area (TPSA) is 58.1 Å². The van der Waals surface area contributed by atoms with Crippen molar-refractivity contribution in [3.8, 4) is 0 Å². The van der Waals surface area contributed by atoms with Gasteiger partial charge < -0.3 is 5.32 Å². The van der Waals surface area contributed by atoms with Crippen LogP contribution in [0.5, 0.6) is 0 Å². The van der Waals surface area contributed by atoms with Gasteiger partial charge in [0.15, 0.2) is 0 Å². The van der Waals surface area contributed by atoms with E-state index in [2.05, 4.69) is 20.2 Å². The van der Waals surface area contributed by atoms with Gasteiger partial charge in [-0.25, -0.2) is 4.98 Å². The number of anilines is 1.